The fourth-order valence-corrected chi connectivity index (χ4v) is 7.81. The predicted octanol–water partition coefficient (Wildman–Crippen LogP) is 12.8. The molecule has 0 saturated carbocycles. The molecule has 9 rings (SSSR count). The van der Waals surface area contributed by atoms with Crippen molar-refractivity contribution in [2.75, 3.05) is 0 Å². The van der Waals surface area contributed by atoms with E-state index in [4.69, 9.17) is 9.97 Å². The summed E-state index contributed by atoms with van der Waals surface area (Å²) in [6.07, 6.45) is 0. The van der Waals surface area contributed by atoms with Crippen molar-refractivity contribution < 1.29 is 0 Å². The maximum Gasteiger partial charge on any atom is 0.161 e. The lowest BCUT2D eigenvalue weighted by atomic mass is 9.89. The third kappa shape index (κ3) is 5.50. The lowest BCUT2D eigenvalue weighted by Crippen LogP contribution is -1.98. The Morgan fingerprint density at radius 2 is 0.857 bits per heavy atom. The number of nitrogens with zero attached hydrogens (tertiary/aromatic N) is 2. The molecule has 0 saturated heterocycles. The van der Waals surface area contributed by atoms with E-state index >= 15 is 0 Å². The number of hydrogen-bond acceptors (Lipinski definition) is 3. The molecule has 2 heterocycles. The van der Waals surface area contributed by atoms with E-state index in [0.29, 0.717) is 5.82 Å². The fraction of sp³-hybridized carbons (Fsp3) is 0. The highest BCUT2D eigenvalue weighted by atomic mass is 32.1. The van der Waals surface area contributed by atoms with E-state index in [2.05, 4.69) is 170 Å². The summed E-state index contributed by atoms with van der Waals surface area (Å²) in [6, 6.07) is 64.4. The van der Waals surface area contributed by atoms with Gasteiger partial charge in [-0.3, -0.25) is 0 Å². The molecular weight excluding hydrogens is 613 g/mol. The number of hydrogen-bond donors (Lipinski definition) is 0. The highest BCUT2D eigenvalue weighted by Crippen LogP contribution is 2.41. The molecule has 9 aromatic rings. The standard InChI is InChI=1S/C46H30N2S/c1-4-13-33(14-5-1)41-30-42(34-15-6-2-7-16-34)48-46(47-41)39-21-12-20-37(45(39)35-17-8-3-9-18-35)32-25-23-31(24-26-32)36-27-28-44-40(29-36)38-19-10-11-22-43(38)49-44/h1-30H. The van der Waals surface area contributed by atoms with Gasteiger partial charge in [-0.25, -0.2) is 9.97 Å². The van der Waals surface area contributed by atoms with Crippen LogP contribution in [0.25, 0.3) is 87.5 Å². The molecule has 0 aliphatic rings. The van der Waals surface area contributed by atoms with Crippen molar-refractivity contribution >= 4 is 31.5 Å². The number of thiophene rings is 1. The molecule has 0 fully saturated rings. The summed E-state index contributed by atoms with van der Waals surface area (Å²) in [5.41, 5.74) is 11.9. The molecule has 0 aliphatic heterocycles. The van der Waals surface area contributed by atoms with Crippen LogP contribution in [-0.2, 0) is 0 Å². The first-order chi connectivity index (χ1) is 24.3. The number of rotatable bonds is 6. The number of aromatic nitrogens is 2. The zero-order chi connectivity index (χ0) is 32.6. The molecule has 0 aliphatic carbocycles. The molecule has 0 spiro atoms. The normalized spacial score (nSPS) is 11.3. The van der Waals surface area contributed by atoms with Crippen LogP contribution >= 0.6 is 11.3 Å². The Morgan fingerprint density at radius 1 is 0.327 bits per heavy atom. The summed E-state index contributed by atoms with van der Waals surface area (Å²) in [4.78, 5) is 10.4. The van der Waals surface area contributed by atoms with Gasteiger partial charge in [-0.05, 0) is 52.1 Å². The Bertz CT molecular complexity index is 2510. The van der Waals surface area contributed by atoms with Crippen LogP contribution in [0, 0.1) is 0 Å². The van der Waals surface area contributed by atoms with Crippen LogP contribution in [0.15, 0.2) is 182 Å². The molecule has 0 radical (unpaired) electrons. The van der Waals surface area contributed by atoms with E-state index in [1.165, 1.54) is 31.3 Å². The fourth-order valence-electron chi connectivity index (χ4n) is 6.72. The average molecular weight is 643 g/mol. The van der Waals surface area contributed by atoms with Gasteiger partial charge in [-0.2, -0.15) is 0 Å². The Labute approximate surface area is 289 Å². The van der Waals surface area contributed by atoms with E-state index in [-0.39, 0.29) is 0 Å². The molecule has 0 unspecified atom stereocenters. The summed E-state index contributed by atoms with van der Waals surface area (Å²) in [5.74, 6) is 0.703. The van der Waals surface area contributed by atoms with Crippen molar-refractivity contribution in [3.63, 3.8) is 0 Å². The molecule has 2 aromatic heterocycles. The Hall–Kier alpha value is -6.16. The maximum absolute atomic E-state index is 5.21. The SMILES string of the molecule is c1ccc(-c2cc(-c3ccccc3)nc(-c3cccc(-c4ccc(-c5ccc6sc7ccccc7c6c5)cc4)c3-c3ccccc3)n2)cc1. The summed E-state index contributed by atoms with van der Waals surface area (Å²) in [6.45, 7) is 0. The quantitative estimate of drug-likeness (QED) is 0.180. The minimum Gasteiger partial charge on any atom is -0.228 e. The van der Waals surface area contributed by atoms with Crippen molar-refractivity contribution in [2.45, 2.75) is 0 Å². The van der Waals surface area contributed by atoms with Gasteiger partial charge in [0.2, 0.25) is 0 Å². The largest absolute Gasteiger partial charge is 0.228 e. The Balaban J connectivity index is 1.19. The van der Waals surface area contributed by atoms with Crippen LogP contribution in [0.5, 0.6) is 0 Å². The van der Waals surface area contributed by atoms with Crippen molar-refractivity contribution in [2.24, 2.45) is 0 Å². The van der Waals surface area contributed by atoms with Crippen LogP contribution < -0.4 is 0 Å². The van der Waals surface area contributed by atoms with E-state index in [0.717, 1.165) is 50.3 Å². The van der Waals surface area contributed by atoms with Gasteiger partial charge in [0.05, 0.1) is 11.4 Å². The molecule has 0 N–H and O–H groups in total. The third-order valence-corrected chi connectivity index (χ3v) is 10.3. The van der Waals surface area contributed by atoms with Crippen LogP contribution in [-0.4, -0.2) is 9.97 Å². The van der Waals surface area contributed by atoms with Crippen LogP contribution in [0.3, 0.4) is 0 Å². The molecule has 0 atom stereocenters. The van der Waals surface area contributed by atoms with Crippen LogP contribution in [0.4, 0.5) is 0 Å². The number of fused-ring (bicyclic) bond motifs is 3. The molecule has 230 valence electrons. The van der Waals surface area contributed by atoms with Gasteiger partial charge in [0.25, 0.3) is 0 Å². The van der Waals surface area contributed by atoms with E-state index in [1.54, 1.807) is 0 Å². The second-order valence-corrected chi connectivity index (χ2v) is 13.3. The van der Waals surface area contributed by atoms with Gasteiger partial charge >= 0.3 is 0 Å². The Kier molecular flexibility index (Phi) is 7.38. The Morgan fingerprint density at radius 3 is 1.53 bits per heavy atom. The van der Waals surface area contributed by atoms with Gasteiger partial charge in [-0.15, -0.1) is 11.3 Å². The third-order valence-electron chi connectivity index (χ3n) is 9.14. The number of benzene rings is 7. The second kappa shape index (κ2) is 12.5. The monoisotopic (exact) mass is 642 g/mol. The lowest BCUT2D eigenvalue weighted by molar-refractivity contribution is 1.18. The van der Waals surface area contributed by atoms with Crippen LogP contribution in [0.2, 0.25) is 0 Å². The molecule has 7 aromatic carbocycles. The summed E-state index contributed by atoms with van der Waals surface area (Å²) >= 11 is 1.85. The lowest BCUT2D eigenvalue weighted by Gasteiger charge is -2.17. The minimum absolute atomic E-state index is 0.703. The molecular formula is C46H30N2S. The first-order valence-corrected chi connectivity index (χ1v) is 17.3. The van der Waals surface area contributed by atoms with Gasteiger partial charge in [0.1, 0.15) is 0 Å². The molecule has 0 bridgehead atoms. The highest BCUT2D eigenvalue weighted by molar-refractivity contribution is 7.25. The summed E-state index contributed by atoms with van der Waals surface area (Å²) < 4.78 is 2.65. The van der Waals surface area contributed by atoms with E-state index < -0.39 is 0 Å². The maximum atomic E-state index is 5.21. The molecule has 49 heavy (non-hydrogen) atoms. The van der Waals surface area contributed by atoms with Gasteiger partial charge < -0.3 is 0 Å². The minimum atomic E-state index is 0.703. The van der Waals surface area contributed by atoms with Gasteiger partial charge in [0.15, 0.2) is 5.82 Å². The molecule has 2 nitrogen and oxygen atoms in total. The topological polar surface area (TPSA) is 25.8 Å². The van der Waals surface area contributed by atoms with Crippen molar-refractivity contribution in [1.82, 2.24) is 9.97 Å². The van der Waals surface area contributed by atoms with Crippen molar-refractivity contribution in [1.29, 1.82) is 0 Å². The second-order valence-electron chi connectivity index (χ2n) is 12.2. The molecule has 0 amide bonds. The zero-order valence-electron chi connectivity index (χ0n) is 26.6. The predicted molar refractivity (Wildman–Crippen MR) is 208 cm³/mol. The summed E-state index contributed by atoms with van der Waals surface area (Å²) in [7, 11) is 0. The summed E-state index contributed by atoms with van der Waals surface area (Å²) in [5, 5.41) is 2.63. The van der Waals surface area contributed by atoms with E-state index in [1.807, 2.05) is 23.5 Å². The van der Waals surface area contributed by atoms with E-state index in [9.17, 15) is 0 Å². The van der Waals surface area contributed by atoms with Gasteiger partial charge in [-0.1, -0.05) is 158 Å². The average Bonchev–Trinajstić information content (AvgIpc) is 3.56. The van der Waals surface area contributed by atoms with Gasteiger partial charge in [0, 0.05) is 42.4 Å². The highest BCUT2D eigenvalue weighted by Gasteiger charge is 2.18. The first kappa shape index (κ1) is 29.0. The van der Waals surface area contributed by atoms with Crippen molar-refractivity contribution in [3.8, 4) is 67.3 Å². The van der Waals surface area contributed by atoms with Crippen molar-refractivity contribution in [3.05, 3.63) is 182 Å². The zero-order valence-corrected chi connectivity index (χ0v) is 27.4. The smallest absolute Gasteiger partial charge is 0.161 e. The van der Waals surface area contributed by atoms with Crippen LogP contribution in [0.1, 0.15) is 0 Å². The first-order valence-electron chi connectivity index (χ1n) is 16.5. The molecule has 3 heteroatoms.